The van der Waals surface area contributed by atoms with Crippen LogP contribution in [0.25, 0.3) is 22.5 Å². The van der Waals surface area contributed by atoms with E-state index in [0.29, 0.717) is 49.4 Å². The molecule has 2 fully saturated rings. The Morgan fingerprint density at radius 3 is 2.17 bits per heavy atom. The average molecular weight is 808 g/mol. The van der Waals surface area contributed by atoms with Gasteiger partial charge < -0.3 is 31.9 Å². The minimum Gasteiger partial charge on any atom is -0.393 e. The van der Waals surface area contributed by atoms with Gasteiger partial charge in [-0.1, -0.05) is 30.3 Å². The second-order valence-electron chi connectivity index (χ2n) is 15.4. The number of aromatic nitrogens is 3. The third kappa shape index (κ3) is 9.91. The molecule has 3 amide bonds. The number of aliphatic hydroxyl groups is 2. The van der Waals surface area contributed by atoms with Crippen molar-refractivity contribution >= 4 is 23.4 Å². The molecule has 3 aromatic carbocycles. The molecular weight excluding hydrogens is 758 g/mol. The zero-order chi connectivity index (χ0) is 41.6. The van der Waals surface area contributed by atoms with E-state index >= 15 is 0 Å². The predicted molar refractivity (Wildman–Crippen MR) is 209 cm³/mol. The Balaban J connectivity index is 1.14. The fourth-order valence-corrected chi connectivity index (χ4v) is 7.57. The Bertz CT molecular complexity index is 2050. The molecule has 16 heteroatoms. The van der Waals surface area contributed by atoms with E-state index in [2.05, 4.69) is 31.1 Å². The summed E-state index contributed by atoms with van der Waals surface area (Å²) in [6, 6.07) is 18.0. The van der Waals surface area contributed by atoms with Crippen LogP contribution in [0.15, 0.2) is 66.7 Å². The van der Waals surface area contributed by atoms with Gasteiger partial charge in [0.15, 0.2) is 5.82 Å². The molecule has 0 saturated heterocycles. The summed E-state index contributed by atoms with van der Waals surface area (Å²) in [5.74, 6) is -12.1. The molecule has 0 bridgehead atoms. The zero-order valence-electron chi connectivity index (χ0n) is 32.1. The zero-order valence-corrected chi connectivity index (χ0v) is 32.1. The van der Waals surface area contributed by atoms with Crippen LogP contribution in [0.3, 0.4) is 0 Å². The summed E-state index contributed by atoms with van der Waals surface area (Å²) in [5, 5.41) is 32.8. The molecule has 12 nitrogen and oxygen atoms in total. The fourth-order valence-electron chi connectivity index (χ4n) is 7.57. The molecule has 1 atom stereocenters. The monoisotopic (exact) mass is 807 g/mol. The molecule has 58 heavy (non-hydrogen) atoms. The van der Waals surface area contributed by atoms with Crippen LogP contribution in [0.1, 0.15) is 78.7 Å². The predicted octanol–water partition coefficient (Wildman–Crippen LogP) is 5.63. The maximum Gasteiger partial charge on any atom is 0.372 e. The summed E-state index contributed by atoms with van der Waals surface area (Å²) < 4.78 is 55.7. The number of aryl methyl sites for hydroxylation is 1. The second kappa shape index (κ2) is 18.2. The summed E-state index contributed by atoms with van der Waals surface area (Å²) in [6.07, 6.45) is 5.66. The van der Waals surface area contributed by atoms with Crippen molar-refractivity contribution in [3.63, 3.8) is 0 Å². The van der Waals surface area contributed by atoms with E-state index in [4.69, 9.17) is 10.8 Å². The van der Waals surface area contributed by atoms with E-state index in [1.165, 1.54) is 24.3 Å². The minimum atomic E-state index is -4.82. The first-order valence-electron chi connectivity index (χ1n) is 19.6. The van der Waals surface area contributed by atoms with Crippen LogP contribution >= 0.6 is 0 Å². The van der Waals surface area contributed by atoms with Crippen LogP contribution in [0.4, 0.5) is 23.2 Å². The van der Waals surface area contributed by atoms with Gasteiger partial charge in [-0.2, -0.15) is 22.7 Å². The quantitative estimate of drug-likeness (QED) is 0.0797. The van der Waals surface area contributed by atoms with Crippen molar-refractivity contribution in [1.82, 2.24) is 25.8 Å². The lowest BCUT2D eigenvalue weighted by Crippen LogP contribution is -2.48. The molecule has 6 rings (SSSR count). The number of halogens is 4. The van der Waals surface area contributed by atoms with Gasteiger partial charge in [-0.25, -0.2) is 4.98 Å². The summed E-state index contributed by atoms with van der Waals surface area (Å²) in [4.78, 5) is 43.8. The molecule has 0 spiro atoms. The second-order valence-corrected chi connectivity index (χ2v) is 15.4. The number of hydrogen-bond donors (Lipinski definition) is 7. The Kier molecular flexibility index (Phi) is 13.3. The van der Waals surface area contributed by atoms with Gasteiger partial charge in [0, 0.05) is 35.2 Å². The highest BCUT2D eigenvalue weighted by Gasteiger charge is 2.60. The van der Waals surface area contributed by atoms with Crippen LogP contribution in [-0.4, -0.2) is 80.4 Å². The number of amides is 3. The van der Waals surface area contributed by atoms with Crippen molar-refractivity contribution in [3.8, 4) is 22.5 Å². The van der Waals surface area contributed by atoms with Crippen LogP contribution in [0.5, 0.6) is 0 Å². The molecule has 2 aliphatic carbocycles. The molecule has 2 saturated carbocycles. The Labute approximate surface area is 333 Å². The normalized spacial score (nSPS) is 20.6. The molecule has 1 heterocycles. The van der Waals surface area contributed by atoms with Crippen LogP contribution in [0.2, 0.25) is 0 Å². The third-order valence-corrected chi connectivity index (χ3v) is 11.3. The number of nitrogens with two attached hydrogens (primary N) is 1. The number of aromatic amines is 1. The standard InChI is InChI=1S/C42H49F4N7O5/c1-24-20-30(38(57)48-32-15-17-33(55)18-16-32)12-19-34(24)27-6-2-25(3-7-27)21-35(50-37(56)29-8-4-26(22-47)5-9-29)39(58)49-31-13-10-28(11-14-31)36-51-40(53-52-36)42(45,46)41(43,44)23-54/h2-3,6-7,10-14,19-20,26,29,32-33,35,54-55H,4-5,8-9,15-18,21-23,47H2,1H3,(H,48,57)(H,49,58)(H,50,56)(H,51,52,53)/t26-,29-,32-,33-,35-/m0/s1. The van der Waals surface area contributed by atoms with Gasteiger partial charge in [-0.05, 0) is 129 Å². The number of rotatable bonds is 14. The van der Waals surface area contributed by atoms with E-state index < -0.39 is 36.2 Å². The lowest BCUT2D eigenvalue weighted by atomic mass is 9.81. The first-order valence-corrected chi connectivity index (χ1v) is 19.6. The average Bonchev–Trinajstić information content (AvgIpc) is 3.73. The molecule has 310 valence electrons. The molecule has 8 N–H and O–H groups in total. The van der Waals surface area contributed by atoms with Crippen molar-refractivity contribution in [2.45, 2.75) is 94.7 Å². The van der Waals surface area contributed by atoms with Crippen molar-refractivity contribution < 1.29 is 42.2 Å². The van der Waals surface area contributed by atoms with Gasteiger partial charge in [0.2, 0.25) is 17.6 Å². The van der Waals surface area contributed by atoms with Gasteiger partial charge in [-0.15, -0.1) is 0 Å². The smallest absolute Gasteiger partial charge is 0.372 e. The van der Waals surface area contributed by atoms with Crippen molar-refractivity contribution in [1.29, 1.82) is 0 Å². The molecule has 0 aliphatic heterocycles. The SMILES string of the molecule is Cc1cc(C(=O)N[C@H]2CC[C@H](O)CC2)ccc1-c1ccc(C[C@H](NC(=O)[C@H]2CC[C@H](CN)CC2)C(=O)Nc2ccc(-c3nc(C(F)(F)C(F)(F)CO)n[nH]3)cc2)cc1. The topological polar surface area (TPSA) is 195 Å². The van der Waals surface area contributed by atoms with Gasteiger partial charge in [0.1, 0.15) is 12.6 Å². The van der Waals surface area contributed by atoms with E-state index in [0.717, 1.165) is 47.9 Å². The summed E-state index contributed by atoms with van der Waals surface area (Å²) in [6.45, 7) is 0.401. The molecule has 0 radical (unpaired) electrons. The number of carbonyl (C=O) groups excluding carboxylic acids is 3. The molecule has 0 unspecified atom stereocenters. The number of H-pyrrole nitrogens is 1. The fraction of sp³-hybridized carbons (Fsp3) is 0.452. The van der Waals surface area contributed by atoms with E-state index in [1.54, 1.807) is 6.07 Å². The number of nitrogens with zero attached hydrogens (tertiary/aromatic N) is 2. The summed E-state index contributed by atoms with van der Waals surface area (Å²) in [7, 11) is 0. The van der Waals surface area contributed by atoms with E-state index in [-0.39, 0.29) is 47.7 Å². The van der Waals surface area contributed by atoms with Crippen molar-refractivity contribution in [2.75, 3.05) is 18.5 Å². The van der Waals surface area contributed by atoms with Gasteiger partial charge in [0.05, 0.1) is 6.10 Å². The van der Waals surface area contributed by atoms with Crippen molar-refractivity contribution in [3.05, 3.63) is 89.2 Å². The maximum atomic E-state index is 14.2. The van der Waals surface area contributed by atoms with Crippen molar-refractivity contribution in [2.24, 2.45) is 17.6 Å². The van der Waals surface area contributed by atoms with Gasteiger partial charge in [-0.3, -0.25) is 19.5 Å². The Morgan fingerprint density at radius 1 is 0.897 bits per heavy atom. The highest BCUT2D eigenvalue weighted by molar-refractivity contribution is 5.98. The molecule has 2 aliphatic rings. The van der Waals surface area contributed by atoms with E-state index in [1.807, 2.05) is 43.3 Å². The number of anilines is 1. The highest BCUT2D eigenvalue weighted by Crippen LogP contribution is 2.41. The highest BCUT2D eigenvalue weighted by atomic mass is 19.3. The number of alkyl halides is 4. The first kappa shape index (κ1) is 42.4. The summed E-state index contributed by atoms with van der Waals surface area (Å²) in [5.41, 5.74) is 10.4. The summed E-state index contributed by atoms with van der Waals surface area (Å²) >= 11 is 0. The lowest BCUT2D eigenvalue weighted by molar-refractivity contribution is -0.236. The van der Waals surface area contributed by atoms with Crippen LogP contribution in [-0.2, 0) is 21.9 Å². The largest absolute Gasteiger partial charge is 0.393 e. The maximum absolute atomic E-state index is 14.2. The van der Waals surface area contributed by atoms with E-state index in [9.17, 15) is 37.1 Å². The molecule has 1 aromatic heterocycles. The minimum absolute atomic E-state index is 0.0382. The number of aliphatic hydroxyl groups excluding tert-OH is 2. The first-order chi connectivity index (χ1) is 27.7. The Hall–Kier alpha value is -5.19. The lowest BCUT2D eigenvalue weighted by Gasteiger charge is -2.28. The van der Waals surface area contributed by atoms with Crippen LogP contribution < -0.4 is 21.7 Å². The number of benzene rings is 3. The number of hydrogen-bond acceptors (Lipinski definition) is 8. The van der Waals surface area contributed by atoms with Gasteiger partial charge >= 0.3 is 11.8 Å². The number of nitrogens with one attached hydrogen (secondary N) is 4. The molecule has 4 aromatic rings. The third-order valence-electron chi connectivity index (χ3n) is 11.3. The number of carbonyl (C=O) groups is 3. The molecular formula is C42H49F4N7O5. The van der Waals surface area contributed by atoms with Crippen LogP contribution in [0, 0.1) is 18.8 Å². The Morgan fingerprint density at radius 2 is 1.55 bits per heavy atom. The van der Waals surface area contributed by atoms with Gasteiger partial charge in [0.25, 0.3) is 5.91 Å².